The van der Waals surface area contributed by atoms with Crippen LogP contribution in [0.4, 0.5) is 5.69 Å². The van der Waals surface area contributed by atoms with E-state index in [9.17, 15) is 13.2 Å². The maximum Gasteiger partial charge on any atom is 0.261 e. The number of carbonyl (C=O) groups excluding carboxylic acids is 1. The molecule has 1 amide bonds. The van der Waals surface area contributed by atoms with Gasteiger partial charge in [0.1, 0.15) is 0 Å². The number of nitrogens with one attached hydrogen (secondary N) is 2. The molecule has 3 aromatic carbocycles. The van der Waals surface area contributed by atoms with E-state index in [1.807, 2.05) is 45.0 Å². The first kappa shape index (κ1) is 20.6. The van der Waals surface area contributed by atoms with E-state index in [0.29, 0.717) is 11.3 Å². The molecule has 0 unspecified atom stereocenters. The van der Waals surface area contributed by atoms with E-state index in [4.69, 9.17) is 0 Å². The van der Waals surface area contributed by atoms with Gasteiger partial charge in [-0.15, -0.1) is 0 Å². The fraction of sp³-hybridized carbons (Fsp3) is 0.174. The Kier molecular flexibility index (Phi) is 6.03. The zero-order chi connectivity index (χ0) is 21.0. The van der Waals surface area contributed by atoms with Crippen LogP contribution in [0.15, 0.2) is 77.7 Å². The van der Waals surface area contributed by atoms with Gasteiger partial charge in [0.15, 0.2) is 0 Å². The molecule has 3 aromatic rings. The van der Waals surface area contributed by atoms with Crippen molar-refractivity contribution in [3.8, 4) is 0 Å². The standard InChI is InChI=1S/C23H24N2O3S/c1-16-11-13-21(14-12-16)29(27,28)25-20-9-6-8-19(15-20)23(26)24-18(3)22-10-5-4-7-17(22)2/h4-15,18,25H,1-3H3,(H,24,26)/t18-/m0/s1. The fourth-order valence-corrected chi connectivity index (χ4v) is 4.14. The maximum absolute atomic E-state index is 12.7. The molecule has 0 bridgehead atoms. The van der Waals surface area contributed by atoms with Crippen molar-refractivity contribution in [3.63, 3.8) is 0 Å². The van der Waals surface area contributed by atoms with Crippen molar-refractivity contribution >= 4 is 21.6 Å². The first-order valence-electron chi connectivity index (χ1n) is 9.32. The molecular formula is C23H24N2O3S. The molecule has 5 nitrogen and oxygen atoms in total. The van der Waals surface area contributed by atoms with Crippen molar-refractivity contribution in [3.05, 3.63) is 95.1 Å². The molecular weight excluding hydrogens is 384 g/mol. The number of hydrogen-bond donors (Lipinski definition) is 2. The van der Waals surface area contributed by atoms with Gasteiger partial charge in [-0.25, -0.2) is 8.42 Å². The second kappa shape index (κ2) is 8.49. The summed E-state index contributed by atoms with van der Waals surface area (Å²) in [6.45, 7) is 5.81. The van der Waals surface area contributed by atoms with Crippen LogP contribution in [0.2, 0.25) is 0 Å². The molecule has 0 fully saturated rings. The van der Waals surface area contributed by atoms with Gasteiger partial charge in [0, 0.05) is 11.3 Å². The van der Waals surface area contributed by atoms with Gasteiger partial charge in [0.05, 0.1) is 10.9 Å². The van der Waals surface area contributed by atoms with Crippen LogP contribution >= 0.6 is 0 Å². The molecule has 0 saturated carbocycles. The molecule has 6 heteroatoms. The van der Waals surface area contributed by atoms with E-state index >= 15 is 0 Å². The highest BCUT2D eigenvalue weighted by molar-refractivity contribution is 7.92. The van der Waals surface area contributed by atoms with Gasteiger partial charge in [0.25, 0.3) is 15.9 Å². The minimum atomic E-state index is -3.73. The molecule has 0 saturated heterocycles. The van der Waals surface area contributed by atoms with Crippen LogP contribution in [0, 0.1) is 13.8 Å². The van der Waals surface area contributed by atoms with Gasteiger partial charge in [-0.05, 0) is 62.2 Å². The van der Waals surface area contributed by atoms with Crippen molar-refractivity contribution in [1.29, 1.82) is 0 Å². The Balaban J connectivity index is 1.76. The number of anilines is 1. The smallest absolute Gasteiger partial charge is 0.261 e. The number of aryl methyl sites for hydroxylation is 2. The summed E-state index contributed by atoms with van der Waals surface area (Å²) in [4.78, 5) is 12.8. The summed E-state index contributed by atoms with van der Waals surface area (Å²) in [5.74, 6) is -0.267. The number of benzene rings is 3. The molecule has 0 aliphatic heterocycles. The zero-order valence-corrected chi connectivity index (χ0v) is 17.5. The summed E-state index contributed by atoms with van der Waals surface area (Å²) in [7, 11) is -3.73. The second-order valence-corrected chi connectivity index (χ2v) is 8.73. The largest absolute Gasteiger partial charge is 0.346 e. The van der Waals surface area contributed by atoms with Crippen LogP contribution in [-0.2, 0) is 10.0 Å². The molecule has 0 spiro atoms. The predicted molar refractivity (Wildman–Crippen MR) is 115 cm³/mol. The predicted octanol–water partition coefficient (Wildman–Crippen LogP) is 4.60. The van der Waals surface area contributed by atoms with E-state index in [0.717, 1.165) is 16.7 Å². The Morgan fingerprint density at radius 2 is 1.59 bits per heavy atom. The SMILES string of the molecule is Cc1ccc(S(=O)(=O)Nc2cccc(C(=O)N[C@@H](C)c3ccccc3C)c2)cc1. The third-order valence-corrected chi connectivity index (χ3v) is 6.11. The van der Waals surface area contributed by atoms with Crippen molar-refractivity contribution in [2.75, 3.05) is 4.72 Å². The van der Waals surface area contributed by atoms with Crippen molar-refractivity contribution in [2.24, 2.45) is 0 Å². The van der Waals surface area contributed by atoms with Gasteiger partial charge < -0.3 is 5.32 Å². The summed E-state index contributed by atoms with van der Waals surface area (Å²) >= 11 is 0. The lowest BCUT2D eigenvalue weighted by atomic mass is 10.0. The third kappa shape index (κ3) is 5.03. The van der Waals surface area contributed by atoms with Gasteiger partial charge in [-0.3, -0.25) is 9.52 Å². The normalized spacial score (nSPS) is 12.2. The van der Waals surface area contributed by atoms with Gasteiger partial charge in [0.2, 0.25) is 0 Å². The van der Waals surface area contributed by atoms with E-state index in [1.165, 1.54) is 6.07 Å². The third-order valence-electron chi connectivity index (χ3n) is 4.71. The van der Waals surface area contributed by atoms with Gasteiger partial charge >= 0.3 is 0 Å². The molecule has 0 radical (unpaired) electrons. The highest BCUT2D eigenvalue weighted by Gasteiger charge is 2.16. The maximum atomic E-state index is 12.7. The van der Waals surface area contributed by atoms with Crippen LogP contribution < -0.4 is 10.0 Å². The average Bonchev–Trinajstić information content (AvgIpc) is 2.68. The molecule has 0 aromatic heterocycles. The second-order valence-electron chi connectivity index (χ2n) is 7.05. The fourth-order valence-electron chi connectivity index (χ4n) is 3.09. The van der Waals surface area contributed by atoms with Crippen molar-refractivity contribution in [1.82, 2.24) is 5.32 Å². The molecule has 3 rings (SSSR count). The Labute approximate surface area is 171 Å². The van der Waals surface area contributed by atoms with Crippen LogP contribution in [0.25, 0.3) is 0 Å². The quantitative estimate of drug-likeness (QED) is 0.626. The molecule has 0 aliphatic rings. The molecule has 0 heterocycles. The average molecular weight is 409 g/mol. The highest BCUT2D eigenvalue weighted by Crippen LogP contribution is 2.20. The molecule has 2 N–H and O–H groups in total. The summed E-state index contributed by atoms with van der Waals surface area (Å²) in [6.07, 6.45) is 0. The lowest BCUT2D eigenvalue weighted by Gasteiger charge is -2.17. The molecule has 29 heavy (non-hydrogen) atoms. The van der Waals surface area contributed by atoms with E-state index in [-0.39, 0.29) is 16.8 Å². The number of sulfonamides is 1. The lowest BCUT2D eigenvalue weighted by molar-refractivity contribution is 0.0940. The zero-order valence-electron chi connectivity index (χ0n) is 16.6. The van der Waals surface area contributed by atoms with Gasteiger partial charge in [-0.2, -0.15) is 0 Å². The Hall–Kier alpha value is -3.12. The van der Waals surface area contributed by atoms with Gasteiger partial charge in [-0.1, -0.05) is 48.0 Å². The molecule has 150 valence electrons. The lowest BCUT2D eigenvalue weighted by Crippen LogP contribution is -2.27. The Morgan fingerprint density at radius 3 is 2.28 bits per heavy atom. The van der Waals surface area contributed by atoms with Crippen molar-refractivity contribution in [2.45, 2.75) is 31.7 Å². The van der Waals surface area contributed by atoms with E-state index in [1.54, 1.807) is 42.5 Å². The summed E-state index contributed by atoms with van der Waals surface area (Å²) < 4.78 is 27.7. The molecule has 1 atom stereocenters. The summed E-state index contributed by atoms with van der Waals surface area (Å²) in [6, 6.07) is 20.8. The minimum Gasteiger partial charge on any atom is -0.346 e. The monoisotopic (exact) mass is 408 g/mol. The van der Waals surface area contributed by atoms with E-state index in [2.05, 4.69) is 10.0 Å². The number of hydrogen-bond acceptors (Lipinski definition) is 3. The molecule has 0 aliphatic carbocycles. The van der Waals surface area contributed by atoms with E-state index < -0.39 is 10.0 Å². The van der Waals surface area contributed by atoms with Crippen LogP contribution in [0.5, 0.6) is 0 Å². The number of rotatable bonds is 6. The first-order chi connectivity index (χ1) is 13.8. The van der Waals surface area contributed by atoms with Crippen LogP contribution in [0.1, 0.15) is 40.0 Å². The Morgan fingerprint density at radius 1 is 0.897 bits per heavy atom. The summed E-state index contributed by atoms with van der Waals surface area (Å²) in [5, 5.41) is 2.97. The highest BCUT2D eigenvalue weighted by atomic mass is 32.2. The topological polar surface area (TPSA) is 75.3 Å². The number of carbonyl (C=O) groups is 1. The first-order valence-corrected chi connectivity index (χ1v) is 10.8. The van der Waals surface area contributed by atoms with Crippen LogP contribution in [-0.4, -0.2) is 14.3 Å². The minimum absolute atomic E-state index is 0.170. The summed E-state index contributed by atoms with van der Waals surface area (Å²) in [5.41, 5.74) is 3.83. The van der Waals surface area contributed by atoms with Crippen LogP contribution in [0.3, 0.4) is 0 Å². The Bertz CT molecular complexity index is 1120. The number of amides is 1. The van der Waals surface area contributed by atoms with Crippen molar-refractivity contribution < 1.29 is 13.2 Å².